The minimum atomic E-state index is -0.995. The number of thioether (sulfide) groups is 2. The highest BCUT2D eigenvalue weighted by molar-refractivity contribution is 8.29. The van der Waals surface area contributed by atoms with E-state index in [2.05, 4.69) is 0 Å². The number of ketones is 1. The van der Waals surface area contributed by atoms with Crippen LogP contribution in [-0.4, -0.2) is 21.1 Å². The van der Waals surface area contributed by atoms with Crippen molar-refractivity contribution in [2.24, 2.45) is 5.10 Å². The van der Waals surface area contributed by atoms with Gasteiger partial charge in [-0.2, -0.15) is 5.10 Å². The van der Waals surface area contributed by atoms with Crippen molar-refractivity contribution < 1.29 is 9.59 Å². The lowest BCUT2D eigenvalue weighted by atomic mass is 10.1. The molecule has 2 aliphatic heterocycles. The van der Waals surface area contributed by atoms with E-state index < -0.39 is 4.33 Å². The van der Waals surface area contributed by atoms with Gasteiger partial charge in [-0.15, -0.1) is 0 Å². The lowest BCUT2D eigenvalue weighted by Crippen LogP contribution is -2.51. The Labute approximate surface area is 207 Å². The van der Waals surface area contributed by atoms with Crippen LogP contribution >= 0.6 is 23.5 Å². The molecule has 0 radical (unpaired) electrons. The first-order valence-corrected chi connectivity index (χ1v) is 12.5. The van der Waals surface area contributed by atoms with Gasteiger partial charge in [0.25, 0.3) is 5.91 Å². The van der Waals surface area contributed by atoms with Gasteiger partial charge in [0.05, 0.1) is 10.6 Å². The fraction of sp³-hybridized carbons (Fsp3) is 0.148. The summed E-state index contributed by atoms with van der Waals surface area (Å²) in [6.45, 7) is 5.57. The van der Waals surface area contributed by atoms with Crippen LogP contribution in [0.3, 0.4) is 0 Å². The number of carbonyl (C=O) groups is 2. The van der Waals surface area contributed by atoms with E-state index >= 15 is 0 Å². The number of carbonyl (C=O) groups excluding carboxylic acids is 2. The van der Waals surface area contributed by atoms with Gasteiger partial charge in [-0.25, -0.2) is 5.01 Å². The molecule has 3 aromatic rings. The molecule has 1 amide bonds. The molecular weight excluding hydrogens is 462 g/mol. The minimum absolute atomic E-state index is 0.124. The van der Waals surface area contributed by atoms with Crippen LogP contribution in [0.4, 0.5) is 11.4 Å². The Morgan fingerprint density at radius 2 is 1.47 bits per heavy atom. The molecular formula is C27H23N3O2S2. The van der Waals surface area contributed by atoms with Crippen molar-refractivity contribution in [3.05, 3.63) is 100 Å². The number of anilines is 2. The fourth-order valence-corrected chi connectivity index (χ4v) is 6.71. The summed E-state index contributed by atoms with van der Waals surface area (Å²) in [4.78, 5) is 28.7. The van der Waals surface area contributed by atoms with E-state index in [9.17, 15) is 9.59 Å². The largest absolute Gasteiger partial charge is 0.292 e. The Morgan fingerprint density at radius 3 is 2.09 bits per heavy atom. The third kappa shape index (κ3) is 3.95. The SMILES string of the molecule is CC(=O)C1=NN(c2ccc(C)cc2)[C@]2(S1)S/C(=C/c1ccc(C)cc1)C(=O)N2c1ccccc1. The van der Waals surface area contributed by atoms with E-state index in [0.717, 1.165) is 28.1 Å². The predicted octanol–water partition coefficient (Wildman–Crippen LogP) is 6.19. The third-order valence-corrected chi connectivity index (χ3v) is 8.41. The zero-order valence-corrected chi connectivity index (χ0v) is 20.7. The monoisotopic (exact) mass is 485 g/mol. The standard InChI is InChI=1S/C27H23N3O2S2/c1-18-9-13-21(14-10-18)17-24-26(32)29(22-7-5-4-6-8-22)27(33-24)30(28-25(34-27)20(3)31)23-15-11-19(2)12-16-23/h4-17H,1-3H3/b24-17+/t27-/m0/s1. The van der Waals surface area contributed by atoms with Crippen molar-refractivity contribution in [3.63, 3.8) is 0 Å². The molecule has 1 fully saturated rings. The molecule has 2 heterocycles. The minimum Gasteiger partial charge on any atom is -0.292 e. The molecule has 0 bridgehead atoms. The van der Waals surface area contributed by atoms with Gasteiger partial charge in [0.2, 0.25) is 4.33 Å². The van der Waals surface area contributed by atoms with Crippen molar-refractivity contribution in [2.75, 3.05) is 9.91 Å². The van der Waals surface area contributed by atoms with Crippen molar-refractivity contribution in [1.82, 2.24) is 0 Å². The molecule has 7 heteroatoms. The molecule has 34 heavy (non-hydrogen) atoms. The lowest BCUT2D eigenvalue weighted by Gasteiger charge is -2.38. The van der Waals surface area contributed by atoms with Crippen LogP contribution in [-0.2, 0) is 9.59 Å². The van der Waals surface area contributed by atoms with Crippen LogP contribution in [0.15, 0.2) is 88.9 Å². The van der Waals surface area contributed by atoms with Crippen LogP contribution in [0.5, 0.6) is 0 Å². The Kier molecular flexibility index (Phi) is 5.83. The second-order valence-electron chi connectivity index (χ2n) is 8.26. The summed E-state index contributed by atoms with van der Waals surface area (Å²) in [5, 5.41) is 6.89. The predicted molar refractivity (Wildman–Crippen MR) is 143 cm³/mol. The highest BCUT2D eigenvalue weighted by Gasteiger charge is 2.59. The van der Waals surface area contributed by atoms with Crippen LogP contribution in [0, 0.1) is 13.8 Å². The Bertz CT molecular complexity index is 1320. The Balaban J connectivity index is 1.68. The van der Waals surface area contributed by atoms with Crippen molar-refractivity contribution in [1.29, 1.82) is 0 Å². The summed E-state index contributed by atoms with van der Waals surface area (Å²) in [5.74, 6) is -0.252. The summed E-state index contributed by atoms with van der Waals surface area (Å²) in [7, 11) is 0. The van der Waals surface area contributed by atoms with E-state index in [1.165, 1.54) is 30.4 Å². The lowest BCUT2D eigenvalue weighted by molar-refractivity contribution is -0.114. The van der Waals surface area contributed by atoms with Gasteiger partial charge in [0, 0.05) is 12.6 Å². The van der Waals surface area contributed by atoms with Gasteiger partial charge >= 0.3 is 0 Å². The smallest absolute Gasteiger partial charge is 0.268 e. The van der Waals surface area contributed by atoms with E-state index in [4.69, 9.17) is 5.10 Å². The normalized spacial score (nSPS) is 21.0. The number of para-hydroxylation sites is 1. The van der Waals surface area contributed by atoms with E-state index in [-0.39, 0.29) is 11.7 Å². The van der Waals surface area contributed by atoms with Gasteiger partial charge in [0.1, 0.15) is 0 Å². The van der Waals surface area contributed by atoms with E-state index in [1.54, 1.807) is 9.91 Å². The first-order valence-electron chi connectivity index (χ1n) is 10.9. The number of hydrogen-bond donors (Lipinski definition) is 0. The number of amides is 1. The summed E-state index contributed by atoms with van der Waals surface area (Å²) in [5.41, 5.74) is 4.79. The zero-order valence-electron chi connectivity index (χ0n) is 19.1. The number of hydrazone groups is 1. The molecule has 5 nitrogen and oxygen atoms in total. The molecule has 5 rings (SSSR count). The third-order valence-electron chi connectivity index (χ3n) is 5.60. The quantitative estimate of drug-likeness (QED) is 0.412. The second kappa shape index (κ2) is 8.81. The highest BCUT2D eigenvalue weighted by atomic mass is 32.2. The number of rotatable bonds is 4. The Morgan fingerprint density at radius 1 is 0.853 bits per heavy atom. The number of nitrogens with zero attached hydrogens (tertiary/aromatic N) is 3. The Hall–Kier alpha value is -3.29. The van der Waals surface area contributed by atoms with Gasteiger partial charge in [-0.1, -0.05) is 77.5 Å². The maximum atomic E-state index is 13.9. The average Bonchev–Trinajstić information content (AvgIpc) is 3.34. The molecule has 170 valence electrons. The number of aryl methyl sites for hydroxylation is 2. The summed E-state index contributed by atoms with van der Waals surface area (Å²) >= 11 is 2.73. The first-order chi connectivity index (χ1) is 16.4. The van der Waals surface area contributed by atoms with Gasteiger partial charge in [-0.05, 0) is 61.5 Å². The fourth-order valence-electron chi connectivity index (χ4n) is 3.83. The molecule has 0 saturated carbocycles. The topological polar surface area (TPSA) is 53.0 Å². The highest BCUT2D eigenvalue weighted by Crippen LogP contribution is 2.59. The summed E-state index contributed by atoms with van der Waals surface area (Å²) < 4.78 is -0.995. The molecule has 3 aromatic carbocycles. The molecule has 0 aliphatic carbocycles. The average molecular weight is 486 g/mol. The molecule has 0 unspecified atom stereocenters. The molecule has 2 aliphatic rings. The summed E-state index contributed by atoms with van der Waals surface area (Å²) in [6.07, 6.45) is 1.91. The molecule has 1 atom stereocenters. The zero-order chi connectivity index (χ0) is 23.9. The van der Waals surface area contributed by atoms with Crippen molar-refractivity contribution in [3.8, 4) is 0 Å². The van der Waals surface area contributed by atoms with E-state index in [0.29, 0.717) is 9.95 Å². The van der Waals surface area contributed by atoms with Gasteiger partial charge in [0.15, 0.2) is 10.8 Å². The molecule has 1 spiro atoms. The molecule has 0 aromatic heterocycles. The van der Waals surface area contributed by atoms with Gasteiger partial charge in [-0.3, -0.25) is 14.5 Å². The number of benzene rings is 3. The maximum Gasteiger partial charge on any atom is 0.268 e. The van der Waals surface area contributed by atoms with Crippen LogP contribution in [0.25, 0.3) is 6.08 Å². The van der Waals surface area contributed by atoms with Gasteiger partial charge < -0.3 is 0 Å². The maximum absolute atomic E-state index is 13.9. The first kappa shape index (κ1) is 22.5. The second-order valence-corrected chi connectivity index (χ2v) is 10.9. The van der Waals surface area contributed by atoms with Crippen LogP contribution in [0.1, 0.15) is 23.6 Å². The van der Waals surface area contributed by atoms with E-state index in [1.807, 2.05) is 98.8 Å². The van der Waals surface area contributed by atoms with Crippen molar-refractivity contribution in [2.45, 2.75) is 25.1 Å². The van der Waals surface area contributed by atoms with Crippen molar-refractivity contribution >= 4 is 57.7 Å². The number of hydrogen-bond acceptors (Lipinski definition) is 6. The molecule has 1 saturated heterocycles. The summed E-state index contributed by atoms with van der Waals surface area (Å²) in [6, 6.07) is 25.6. The van der Waals surface area contributed by atoms with Crippen LogP contribution in [0.2, 0.25) is 0 Å². The molecule has 0 N–H and O–H groups in total. The number of Topliss-reactive ketones (excluding diaryl/α,β-unsaturated/α-hetero) is 1. The van der Waals surface area contributed by atoms with Crippen LogP contribution < -0.4 is 9.91 Å².